The normalized spacial score (nSPS) is 11.3. The van der Waals surface area contributed by atoms with Crippen LogP contribution in [-0.4, -0.2) is 15.3 Å². The molecule has 0 saturated carbocycles. The van der Waals surface area contributed by atoms with Gasteiger partial charge in [-0.25, -0.2) is 9.37 Å². The van der Waals surface area contributed by atoms with Crippen molar-refractivity contribution in [3.05, 3.63) is 94.5 Å². The van der Waals surface area contributed by atoms with Crippen LogP contribution in [0.2, 0.25) is 5.02 Å². The number of hydrogen-bond acceptors (Lipinski definition) is 2. The van der Waals surface area contributed by atoms with Crippen molar-refractivity contribution in [2.45, 2.75) is 13.8 Å². The number of aromatic nitrogens is 2. The Hall–Kier alpha value is -3.44. The van der Waals surface area contributed by atoms with Gasteiger partial charge in [-0.3, -0.25) is 9.20 Å². The number of carbonyl (C=O) groups is 1. The Balaban J connectivity index is 1.69. The number of rotatable bonds is 4. The van der Waals surface area contributed by atoms with Crippen molar-refractivity contribution in [1.82, 2.24) is 9.38 Å². The molecule has 0 fully saturated rings. The average molecular weight is 420 g/mol. The number of carbonyl (C=O) groups excluding carboxylic acids is 1. The number of aryl methyl sites for hydroxylation is 2. The van der Waals surface area contributed by atoms with Crippen LogP contribution in [0.25, 0.3) is 23.0 Å². The van der Waals surface area contributed by atoms with E-state index in [0.717, 1.165) is 33.7 Å². The second-order valence-electron chi connectivity index (χ2n) is 7.10. The Morgan fingerprint density at radius 2 is 1.83 bits per heavy atom. The van der Waals surface area contributed by atoms with E-state index in [1.165, 1.54) is 24.3 Å². The van der Waals surface area contributed by atoms with E-state index in [4.69, 9.17) is 16.6 Å². The van der Waals surface area contributed by atoms with Gasteiger partial charge in [0.15, 0.2) is 0 Å². The minimum atomic E-state index is -0.533. The topological polar surface area (TPSA) is 46.4 Å². The van der Waals surface area contributed by atoms with Crippen molar-refractivity contribution in [2.75, 3.05) is 5.32 Å². The maximum atomic E-state index is 13.3. The number of nitrogens with zero attached hydrogens (tertiary/aromatic N) is 2. The number of nitrogens with one attached hydrogen (secondary N) is 1. The Labute approximate surface area is 178 Å². The van der Waals surface area contributed by atoms with Crippen LogP contribution >= 0.6 is 11.6 Å². The van der Waals surface area contributed by atoms with Crippen LogP contribution < -0.4 is 5.32 Å². The van der Waals surface area contributed by atoms with E-state index in [1.54, 1.807) is 6.08 Å². The summed E-state index contributed by atoms with van der Waals surface area (Å²) in [6.45, 7) is 4.04. The number of hydrogen-bond donors (Lipinski definition) is 1. The van der Waals surface area contributed by atoms with Gasteiger partial charge in [0.05, 0.1) is 16.4 Å². The monoisotopic (exact) mass is 419 g/mol. The summed E-state index contributed by atoms with van der Waals surface area (Å²) in [5, 5.41) is 2.64. The molecule has 0 unspecified atom stereocenters. The highest BCUT2D eigenvalue weighted by Crippen LogP contribution is 2.26. The van der Waals surface area contributed by atoms with Gasteiger partial charge in [0.2, 0.25) is 5.91 Å². The molecule has 4 rings (SSSR count). The van der Waals surface area contributed by atoms with Crippen LogP contribution in [-0.2, 0) is 4.79 Å². The van der Waals surface area contributed by atoms with Gasteiger partial charge in [0.25, 0.3) is 0 Å². The summed E-state index contributed by atoms with van der Waals surface area (Å²) >= 11 is 5.78. The van der Waals surface area contributed by atoms with E-state index in [-0.39, 0.29) is 10.9 Å². The number of benzene rings is 2. The lowest BCUT2D eigenvalue weighted by Gasteiger charge is -2.04. The number of anilines is 1. The third kappa shape index (κ3) is 4.11. The lowest BCUT2D eigenvalue weighted by atomic mass is 10.1. The van der Waals surface area contributed by atoms with Gasteiger partial charge >= 0.3 is 0 Å². The molecule has 0 aliphatic heterocycles. The second kappa shape index (κ2) is 8.13. The van der Waals surface area contributed by atoms with Crippen LogP contribution in [0.5, 0.6) is 0 Å². The van der Waals surface area contributed by atoms with Crippen molar-refractivity contribution >= 4 is 34.9 Å². The van der Waals surface area contributed by atoms with E-state index in [9.17, 15) is 9.18 Å². The lowest BCUT2D eigenvalue weighted by Crippen LogP contribution is -2.08. The quantitative estimate of drug-likeness (QED) is 0.408. The summed E-state index contributed by atoms with van der Waals surface area (Å²) in [7, 11) is 0. The lowest BCUT2D eigenvalue weighted by molar-refractivity contribution is -0.111. The van der Waals surface area contributed by atoms with Gasteiger partial charge < -0.3 is 5.32 Å². The zero-order valence-electron chi connectivity index (χ0n) is 16.5. The highest BCUT2D eigenvalue weighted by atomic mass is 35.5. The molecule has 4 nitrogen and oxygen atoms in total. The van der Waals surface area contributed by atoms with Crippen molar-refractivity contribution in [1.29, 1.82) is 0 Å². The molecule has 30 heavy (non-hydrogen) atoms. The van der Waals surface area contributed by atoms with Crippen LogP contribution in [0.1, 0.15) is 16.8 Å². The Kier molecular flexibility index (Phi) is 5.38. The summed E-state index contributed by atoms with van der Waals surface area (Å²) in [4.78, 5) is 17.2. The molecule has 0 atom stereocenters. The van der Waals surface area contributed by atoms with Gasteiger partial charge in [-0.2, -0.15) is 0 Å². The first kappa shape index (κ1) is 19.9. The first-order valence-corrected chi connectivity index (χ1v) is 9.78. The van der Waals surface area contributed by atoms with Gasteiger partial charge in [-0.15, -0.1) is 0 Å². The molecule has 0 saturated heterocycles. The zero-order chi connectivity index (χ0) is 21.3. The van der Waals surface area contributed by atoms with Crippen LogP contribution in [0.4, 0.5) is 10.1 Å². The van der Waals surface area contributed by atoms with Crippen LogP contribution in [0.3, 0.4) is 0 Å². The molecule has 150 valence electrons. The van der Waals surface area contributed by atoms with Gasteiger partial charge in [-0.05, 0) is 55.8 Å². The van der Waals surface area contributed by atoms with Gasteiger partial charge in [-0.1, -0.05) is 41.4 Å². The molecule has 1 amide bonds. The molecule has 1 N–H and O–H groups in total. The van der Waals surface area contributed by atoms with Gasteiger partial charge in [0.1, 0.15) is 11.5 Å². The summed E-state index contributed by atoms with van der Waals surface area (Å²) < 4.78 is 15.3. The smallest absolute Gasteiger partial charge is 0.248 e. The molecular weight excluding hydrogens is 401 g/mol. The molecule has 0 spiro atoms. The van der Waals surface area contributed by atoms with E-state index in [2.05, 4.69) is 5.32 Å². The summed E-state index contributed by atoms with van der Waals surface area (Å²) in [6.07, 6.45) is 5.09. The highest BCUT2D eigenvalue weighted by Gasteiger charge is 2.13. The molecule has 0 radical (unpaired) electrons. The van der Waals surface area contributed by atoms with Gasteiger partial charge in [0, 0.05) is 23.5 Å². The summed E-state index contributed by atoms with van der Waals surface area (Å²) in [6, 6.07) is 16.1. The highest BCUT2D eigenvalue weighted by molar-refractivity contribution is 6.31. The maximum absolute atomic E-state index is 13.3. The van der Waals surface area contributed by atoms with Crippen molar-refractivity contribution < 1.29 is 9.18 Å². The predicted octanol–water partition coefficient (Wildman–Crippen LogP) is 6.06. The Bertz CT molecular complexity index is 1280. The molecule has 0 aliphatic carbocycles. The minimum Gasteiger partial charge on any atom is -0.322 e. The standard InChI is InChI=1S/C24H19ClFN3O/c1-15-3-5-17(6-4-15)24-21(29-12-11-16(2)13-22(29)28-24)9-10-23(30)27-18-7-8-20(26)19(25)14-18/h3-14H,1-2H3,(H,27,30)/b10-9+. The Morgan fingerprint density at radius 1 is 1.07 bits per heavy atom. The van der Waals surface area contributed by atoms with E-state index < -0.39 is 5.82 Å². The maximum Gasteiger partial charge on any atom is 0.248 e. The molecule has 0 aliphatic rings. The SMILES string of the molecule is Cc1ccc(-c2nc3cc(C)ccn3c2/C=C/C(=O)Nc2ccc(F)c(Cl)c2)cc1. The molecule has 2 heterocycles. The zero-order valence-corrected chi connectivity index (χ0v) is 17.2. The molecule has 4 aromatic rings. The summed E-state index contributed by atoms with van der Waals surface area (Å²) in [5.74, 6) is -0.886. The molecular formula is C24H19ClFN3O. The first-order valence-electron chi connectivity index (χ1n) is 9.40. The number of pyridine rings is 1. The third-order valence-electron chi connectivity index (χ3n) is 4.72. The largest absolute Gasteiger partial charge is 0.322 e. The first-order chi connectivity index (χ1) is 14.4. The van der Waals surface area contributed by atoms with Crippen molar-refractivity contribution in [2.24, 2.45) is 0 Å². The predicted molar refractivity (Wildman–Crippen MR) is 119 cm³/mol. The Morgan fingerprint density at radius 3 is 2.57 bits per heavy atom. The van der Waals surface area contributed by atoms with Crippen molar-refractivity contribution in [3.63, 3.8) is 0 Å². The molecule has 6 heteroatoms. The molecule has 2 aromatic carbocycles. The average Bonchev–Trinajstić information content (AvgIpc) is 3.07. The minimum absolute atomic E-state index is 0.0457. The number of fused-ring (bicyclic) bond motifs is 1. The summed E-state index contributed by atoms with van der Waals surface area (Å²) in [5.41, 5.74) is 6.03. The number of amides is 1. The number of imidazole rings is 1. The number of halogens is 2. The van der Waals surface area contributed by atoms with Crippen LogP contribution in [0.15, 0.2) is 66.9 Å². The fraction of sp³-hybridized carbons (Fsp3) is 0.0833. The van der Waals surface area contributed by atoms with E-state index in [1.807, 2.05) is 60.8 Å². The second-order valence-corrected chi connectivity index (χ2v) is 7.50. The third-order valence-corrected chi connectivity index (χ3v) is 5.01. The van der Waals surface area contributed by atoms with Crippen LogP contribution in [0, 0.1) is 19.7 Å². The fourth-order valence-corrected chi connectivity index (χ4v) is 3.34. The molecule has 2 aromatic heterocycles. The van der Waals surface area contributed by atoms with E-state index in [0.29, 0.717) is 5.69 Å². The fourth-order valence-electron chi connectivity index (χ4n) is 3.16. The van der Waals surface area contributed by atoms with Crippen molar-refractivity contribution in [3.8, 4) is 11.3 Å². The molecule has 0 bridgehead atoms. The van der Waals surface area contributed by atoms with E-state index >= 15 is 0 Å².